The summed E-state index contributed by atoms with van der Waals surface area (Å²) in [6.45, 7) is 4.73. The summed E-state index contributed by atoms with van der Waals surface area (Å²) in [5, 5.41) is 4.41. The summed E-state index contributed by atoms with van der Waals surface area (Å²) in [6, 6.07) is 2.33. The van der Waals surface area contributed by atoms with Crippen molar-refractivity contribution >= 4 is 5.78 Å². The molecule has 0 saturated carbocycles. The number of aromatic nitrogens is 2. The number of carbonyl (C=O) groups is 1. The average molecular weight is 223 g/mol. The zero-order chi connectivity index (χ0) is 12.1. The number of hydrogen-bond acceptors (Lipinski definition) is 3. The van der Waals surface area contributed by atoms with Gasteiger partial charge in [-0.15, -0.1) is 0 Å². The average Bonchev–Trinajstić information content (AvgIpc) is 2.63. The highest BCUT2D eigenvalue weighted by Gasteiger charge is 2.09. The van der Waals surface area contributed by atoms with Gasteiger partial charge in [-0.1, -0.05) is 6.92 Å². The van der Waals surface area contributed by atoms with E-state index < -0.39 is 0 Å². The Bertz CT molecular complexity index is 344. The Hall–Kier alpha value is -1.16. The molecule has 0 aromatic carbocycles. The van der Waals surface area contributed by atoms with Gasteiger partial charge in [0.05, 0.1) is 18.7 Å². The largest absolute Gasteiger partial charge is 0.302 e. The second-order valence-electron chi connectivity index (χ2n) is 4.50. The first-order valence-electron chi connectivity index (χ1n) is 5.73. The lowest BCUT2D eigenvalue weighted by atomic mass is 10.2. The van der Waals surface area contributed by atoms with Crippen molar-refractivity contribution in [3.05, 3.63) is 18.0 Å². The molecule has 1 aromatic rings. The zero-order valence-electron chi connectivity index (χ0n) is 10.6. The van der Waals surface area contributed by atoms with Crippen LogP contribution in [0, 0.1) is 0 Å². The molecule has 1 heterocycles. The van der Waals surface area contributed by atoms with Crippen LogP contribution in [0.2, 0.25) is 0 Å². The third-order valence-corrected chi connectivity index (χ3v) is 2.58. The fraction of sp³-hybridized carbons (Fsp3) is 0.667. The standard InChI is InChI=1S/C12H21N3O/c1-5-10(2)15-7-6-11(13-15)8-12(16)9-14(3)4/h6-7,10H,5,8-9H2,1-4H3. The maximum absolute atomic E-state index is 11.6. The van der Waals surface area contributed by atoms with Crippen molar-refractivity contribution in [2.45, 2.75) is 32.7 Å². The van der Waals surface area contributed by atoms with Crippen molar-refractivity contribution in [2.24, 2.45) is 0 Å². The summed E-state index contributed by atoms with van der Waals surface area (Å²) in [4.78, 5) is 13.5. The first kappa shape index (κ1) is 12.9. The number of nitrogens with zero attached hydrogens (tertiary/aromatic N) is 3. The monoisotopic (exact) mass is 223 g/mol. The van der Waals surface area contributed by atoms with E-state index in [-0.39, 0.29) is 5.78 Å². The highest BCUT2D eigenvalue weighted by Crippen LogP contribution is 2.09. The highest BCUT2D eigenvalue weighted by molar-refractivity contribution is 5.82. The molecule has 0 amide bonds. The Morgan fingerprint density at radius 1 is 1.56 bits per heavy atom. The van der Waals surface area contributed by atoms with Gasteiger partial charge in [-0.2, -0.15) is 5.10 Å². The molecule has 0 fully saturated rings. The second-order valence-corrected chi connectivity index (χ2v) is 4.50. The summed E-state index contributed by atoms with van der Waals surface area (Å²) in [5.74, 6) is 0.208. The number of carbonyl (C=O) groups excluding carboxylic acids is 1. The van der Waals surface area contributed by atoms with E-state index in [2.05, 4.69) is 18.9 Å². The number of ketones is 1. The predicted molar refractivity (Wildman–Crippen MR) is 64.5 cm³/mol. The van der Waals surface area contributed by atoms with Crippen molar-refractivity contribution in [3.8, 4) is 0 Å². The van der Waals surface area contributed by atoms with Gasteiger partial charge in [0.1, 0.15) is 0 Å². The lowest BCUT2D eigenvalue weighted by molar-refractivity contribution is -0.119. The van der Waals surface area contributed by atoms with Crippen LogP contribution < -0.4 is 0 Å². The lowest BCUT2D eigenvalue weighted by Gasteiger charge is -2.08. The highest BCUT2D eigenvalue weighted by atomic mass is 16.1. The molecular weight excluding hydrogens is 202 g/mol. The molecule has 0 N–H and O–H groups in total. The number of rotatable bonds is 6. The number of likely N-dealkylation sites (N-methyl/N-ethyl adjacent to an activating group) is 1. The van der Waals surface area contributed by atoms with E-state index >= 15 is 0 Å². The van der Waals surface area contributed by atoms with Crippen LogP contribution >= 0.6 is 0 Å². The molecule has 4 nitrogen and oxygen atoms in total. The minimum absolute atomic E-state index is 0.208. The van der Waals surface area contributed by atoms with Crippen molar-refractivity contribution in [3.63, 3.8) is 0 Å². The van der Waals surface area contributed by atoms with Crippen LogP contribution in [0.3, 0.4) is 0 Å². The number of hydrogen-bond donors (Lipinski definition) is 0. The molecule has 0 spiro atoms. The Labute approximate surface area is 97.2 Å². The van der Waals surface area contributed by atoms with E-state index in [1.807, 2.05) is 35.9 Å². The van der Waals surface area contributed by atoms with Gasteiger partial charge < -0.3 is 4.90 Å². The van der Waals surface area contributed by atoms with Crippen molar-refractivity contribution in [1.82, 2.24) is 14.7 Å². The van der Waals surface area contributed by atoms with Gasteiger partial charge in [0, 0.05) is 12.2 Å². The summed E-state index contributed by atoms with van der Waals surface area (Å²) in [5.41, 5.74) is 0.868. The molecular formula is C12H21N3O. The first-order chi connectivity index (χ1) is 7.52. The van der Waals surface area contributed by atoms with Crippen LogP contribution in [0.1, 0.15) is 32.0 Å². The minimum Gasteiger partial charge on any atom is -0.302 e. The van der Waals surface area contributed by atoms with Crippen molar-refractivity contribution < 1.29 is 4.79 Å². The van der Waals surface area contributed by atoms with Crippen LogP contribution in [0.4, 0.5) is 0 Å². The van der Waals surface area contributed by atoms with E-state index in [1.54, 1.807) is 0 Å². The topological polar surface area (TPSA) is 38.1 Å². The van der Waals surface area contributed by atoms with Crippen molar-refractivity contribution in [2.75, 3.05) is 20.6 Å². The smallest absolute Gasteiger partial charge is 0.152 e. The minimum atomic E-state index is 0.208. The molecule has 16 heavy (non-hydrogen) atoms. The molecule has 0 aliphatic carbocycles. The molecule has 0 aliphatic rings. The van der Waals surface area contributed by atoms with E-state index in [9.17, 15) is 4.79 Å². The molecule has 0 saturated heterocycles. The normalized spacial score (nSPS) is 13.1. The molecule has 1 rings (SSSR count). The third-order valence-electron chi connectivity index (χ3n) is 2.58. The van der Waals surface area contributed by atoms with Gasteiger partial charge >= 0.3 is 0 Å². The lowest BCUT2D eigenvalue weighted by Crippen LogP contribution is -2.23. The second kappa shape index (κ2) is 5.80. The van der Waals surface area contributed by atoms with Gasteiger partial charge in [-0.25, -0.2) is 0 Å². The van der Waals surface area contributed by atoms with Gasteiger partial charge in [-0.3, -0.25) is 9.48 Å². The van der Waals surface area contributed by atoms with Crippen LogP contribution in [0.5, 0.6) is 0 Å². The van der Waals surface area contributed by atoms with Gasteiger partial charge in [0.2, 0.25) is 0 Å². The third kappa shape index (κ3) is 3.77. The zero-order valence-corrected chi connectivity index (χ0v) is 10.6. The van der Waals surface area contributed by atoms with Gasteiger partial charge in [0.15, 0.2) is 5.78 Å². The fourth-order valence-electron chi connectivity index (χ4n) is 1.51. The molecule has 4 heteroatoms. The van der Waals surface area contributed by atoms with E-state index in [0.29, 0.717) is 19.0 Å². The van der Waals surface area contributed by atoms with E-state index in [0.717, 1.165) is 12.1 Å². The molecule has 1 unspecified atom stereocenters. The molecule has 0 aliphatic heterocycles. The maximum Gasteiger partial charge on any atom is 0.152 e. The predicted octanol–water partition coefficient (Wildman–Crippen LogP) is 1.53. The SMILES string of the molecule is CCC(C)n1ccc(CC(=O)CN(C)C)n1. The summed E-state index contributed by atoms with van der Waals surface area (Å²) in [7, 11) is 3.80. The van der Waals surface area contributed by atoms with E-state index in [1.165, 1.54) is 0 Å². The molecule has 0 radical (unpaired) electrons. The Balaban J connectivity index is 2.55. The summed E-state index contributed by atoms with van der Waals surface area (Å²) in [6.07, 6.45) is 3.43. The molecule has 1 aromatic heterocycles. The van der Waals surface area contributed by atoms with E-state index in [4.69, 9.17) is 0 Å². The first-order valence-corrected chi connectivity index (χ1v) is 5.73. The van der Waals surface area contributed by atoms with Gasteiger partial charge in [0.25, 0.3) is 0 Å². The van der Waals surface area contributed by atoms with Crippen molar-refractivity contribution in [1.29, 1.82) is 0 Å². The van der Waals surface area contributed by atoms with Crippen LogP contribution in [0.15, 0.2) is 12.3 Å². The molecule has 0 bridgehead atoms. The van der Waals surface area contributed by atoms with Gasteiger partial charge in [-0.05, 0) is 33.5 Å². The quantitative estimate of drug-likeness (QED) is 0.734. The fourth-order valence-corrected chi connectivity index (χ4v) is 1.51. The molecule has 1 atom stereocenters. The number of Topliss-reactive ketones (excluding diaryl/α,β-unsaturated/α-hetero) is 1. The van der Waals surface area contributed by atoms with Crippen LogP contribution in [0.25, 0.3) is 0 Å². The summed E-state index contributed by atoms with van der Waals surface area (Å²) < 4.78 is 1.93. The van der Waals surface area contributed by atoms with Crippen LogP contribution in [-0.2, 0) is 11.2 Å². The summed E-state index contributed by atoms with van der Waals surface area (Å²) >= 11 is 0. The van der Waals surface area contributed by atoms with Crippen LogP contribution in [-0.4, -0.2) is 41.1 Å². The maximum atomic E-state index is 11.6. The molecule has 90 valence electrons. The Morgan fingerprint density at radius 3 is 2.81 bits per heavy atom. The Kier molecular flexibility index (Phi) is 4.68. The Morgan fingerprint density at radius 2 is 2.25 bits per heavy atom.